The topological polar surface area (TPSA) is 41.5 Å². The molecule has 0 spiro atoms. The molecule has 1 aromatic rings. The number of carbonyl (C=O) groups excluding carboxylic acids is 1. The third kappa shape index (κ3) is 2.82. The number of aliphatic imine (C=N–C) groups is 1. The lowest BCUT2D eigenvalue weighted by atomic mass is 9.81. The first kappa shape index (κ1) is 14.6. The lowest BCUT2D eigenvalue weighted by Gasteiger charge is -2.32. The quantitative estimate of drug-likeness (QED) is 0.862. The molecule has 4 rings (SSSR count). The molecule has 0 bridgehead atoms. The molecule has 1 N–H and O–H groups in total. The molecule has 3 nitrogen and oxygen atoms in total. The van der Waals surface area contributed by atoms with Gasteiger partial charge in [-0.3, -0.25) is 9.79 Å². The van der Waals surface area contributed by atoms with Gasteiger partial charge in [0.2, 0.25) is 0 Å². The number of carbonyl (C=O) groups is 1. The van der Waals surface area contributed by atoms with E-state index in [2.05, 4.69) is 10.3 Å². The fraction of sp³-hybridized carbons (Fsp3) is 0.474. The summed E-state index contributed by atoms with van der Waals surface area (Å²) in [7, 11) is 0. The smallest absolute Gasteiger partial charge is 0.166 e. The van der Waals surface area contributed by atoms with Gasteiger partial charge in [0, 0.05) is 24.4 Å². The van der Waals surface area contributed by atoms with Crippen molar-refractivity contribution in [3.8, 4) is 0 Å². The highest BCUT2D eigenvalue weighted by atomic mass is 19.1. The van der Waals surface area contributed by atoms with Gasteiger partial charge in [-0.2, -0.15) is 0 Å². The van der Waals surface area contributed by atoms with Crippen LogP contribution in [0.4, 0.5) is 4.39 Å². The number of hydrogen-bond acceptors (Lipinski definition) is 3. The van der Waals surface area contributed by atoms with Crippen LogP contribution in [-0.4, -0.2) is 24.1 Å². The summed E-state index contributed by atoms with van der Waals surface area (Å²) >= 11 is 0. The highest BCUT2D eigenvalue weighted by Gasteiger charge is 2.33. The zero-order valence-corrected chi connectivity index (χ0v) is 13.1. The van der Waals surface area contributed by atoms with Crippen LogP contribution >= 0.6 is 0 Å². The van der Waals surface area contributed by atoms with Gasteiger partial charge in [0.05, 0.1) is 11.6 Å². The number of hydrogen-bond donors (Lipinski definition) is 1. The van der Waals surface area contributed by atoms with E-state index in [1.807, 2.05) is 6.21 Å². The van der Waals surface area contributed by atoms with Crippen LogP contribution in [0.15, 0.2) is 40.5 Å². The number of rotatable bonds is 1. The zero-order chi connectivity index (χ0) is 15.8. The molecule has 4 heteroatoms. The van der Waals surface area contributed by atoms with E-state index in [1.54, 1.807) is 12.1 Å². The lowest BCUT2D eigenvalue weighted by molar-refractivity contribution is -0.115. The fourth-order valence-electron chi connectivity index (χ4n) is 4.04. The Balaban J connectivity index is 1.61. The second kappa shape index (κ2) is 5.91. The summed E-state index contributed by atoms with van der Waals surface area (Å²) in [6, 6.07) is 7.20. The maximum atomic E-state index is 13.1. The molecule has 1 fully saturated rings. The molecule has 0 saturated heterocycles. The molecule has 0 amide bonds. The summed E-state index contributed by atoms with van der Waals surface area (Å²) in [6.45, 7) is 0. The van der Waals surface area contributed by atoms with E-state index in [1.165, 1.54) is 25.0 Å². The van der Waals surface area contributed by atoms with Gasteiger partial charge < -0.3 is 5.32 Å². The Kier molecular flexibility index (Phi) is 3.76. The number of benzene rings is 1. The third-order valence-electron chi connectivity index (χ3n) is 5.33. The molecule has 1 aliphatic heterocycles. The van der Waals surface area contributed by atoms with Crippen LogP contribution in [0.3, 0.4) is 0 Å². The summed E-state index contributed by atoms with van der Waals surface area (Å²) in [5.74, 6) is 0.0407. The second-order valence-corrected chi connectivity index (χ2v) is 6.85. The molecule has 0 unspecified atom stereocenters. The second-order valence-electron chi connectivity index (χ2n) is 6.85. The average molecular weight is 312 g/mol. The monoisotopic (exact) mass is 312 g/mol. The lowest BCUT2D eigenvalue weighted by Crippen LogP contribution is -2.41. The van der Waals surface area contributed by atoms with Crippen molar-refractivity contribution in [3.63, 3.8) is 0 Å². The summed E-state index contributed by atoms with van der Waals surface area (Å²) in [5.41, 5.74) is 2.83. The molecular weight excluding hydrogens is 291 g/mol. The number of nitrogens with zero attached hydrogens (tertiary/aromatic N) is 1. The number of halogens is 1. The summed E-state index contributed by atoms with van der Waals surface area (Å²) in [6.07, 6.45) is 7.76. The average Bonchev–Trinajstić information content (AvgIpc) is 2.74. The Hall–Kier alpha value is -1.97. The molecule has 2 aliphatic carbocycles. The molecule has 3 aliphatic rings. The van der Waals surface area contributed by atoms with Crippen molar-refractivity contribution in [3.05, 3.63) is 46.9 Å². The molecule has 1 heterocycles. The van der Waals surface area contributed by atoms with Crippen molar-refractivity contribution in [2.45, 2.75) is 56.5 Å². The molecule has 0 radical (unpaired) electrons. The molecule has 1 aromatic carbocycles. The number of nitrogens with one attached hydrogen (secondary N) is 1. The maximum Gasteiger partial charge on any atom is 0.166 e. The van der Waals surface area contributed by atoms with Crippen molar-refractivity contribution in [1.29, 1.82) is 0 Å². The first-order chi connectivity index (χ1) is 11.2. The van der Waals surface area contributed by atoms with Crippen LogP contribution in [0.1, 0.15) is 50.0 Å². The van der Waals surface area contributed by atoms with Gasteiger partial charge >= 0.3 is 0 Å². The van der Waals surface area contributed by atoms with Crippen LogP contribution in [0.5, 0.6) is 0 Å². The minimum Gasteiger partial charge on any atom is -0.383 e. The van der Waals surface area contributed by atoms with E-state index in [4.69, 9.17) is 0 Å². The van der Waals surface area contributed by atoms with Crippen LogP contribution in [0.2, 0.25) is 0 Å². The first-order valence-corrected chi connectivity index (χ1v) is 8.52. The van der Waals surface area contributed by atoms with E-state index in [9.17, 15) is 9.18 Å². The van der Waals surface area contributed by atoms with Gasteiger partial charge in [0.25, 0.3) is 0 Å². The van der Waals surface area contributed by atoms with Gasteiger partial charge in [0.15, 0.2) is 5.78 Å². The maximum absolute atomic E-state index is 13.1. The Morgan fingerprint density at radius 3 is 2.70 bits per heavy atom. The van der Waals surface area contributed by atoms with Gasteiger partial charge in [-0.1, -0.05) is 25.0 Å². The SMILES string of the molecule is O=C1C[C@H](c2ccc(F)cc2)CC2=C1C=N[C@@H]1CCCC[C@H]1N2. The normalized spacial score (nSPS) is 30.3. The van der Waals surface area contributed by atoms with Crippen molar-refractivity contribution in [2.75, 3.05) is 0 Å². The molecule has 3 atom stereocenters. The van der Waals surface area contributed by atoms with E-state index in [0.29, 0.717) is 18.5 Å². The summed E-state index contributed by atoms with van der Waals surface area (Å²) < 4.78 is 13.1. The molecule has 1 saturated carbocycles. The van der Waals surface area contributed by atoms with E-state index < -0.39 is 0 Å². The molecule has 23 heavy (non-hydrogen) atoms. The minimum absolute atomic E-state index is 0.128. The largest absolute Gasteiger partial charge is 0.383 e. The van der Waals surface area contributed by atoms with Crippen molar-refractivity contribution in [1.82, 2.24) is 5.32 Å². The zero-order valence-electron chi connectivity index (χ0n) is 13.1. The number of ketones is 1. The van der Waals surface area contributed by atoms with Crippen molar-refractivity contribution in [2.24, 2.45) is 4.99 Å². The van der Waals surface area contributed by atoms with Crippen molar-refractivity contribution >= 4 is 12.0 Å². The van der Waals surface area contributed by atoms with Gasteiger partial charge in [-0.15, -0.1) is 0 Å². The van der Waals surface area contributed by atoms with Gasteiger partial charge in [-0.25, -0.2) is 4.39 Å². The molecular formula is C19H21FN2O. The minimum atomic E-state index is -0.236. The third-order valence-corrected chi connectivity index (χ3v) is 5.33. The summed E-state index contributed by atoms with van der Waals surface area (Å²) in [5, 5.41) is 3.62. The highest BCUT2D eigenvalue weighted by molar-refractivity contribution is 6.15. The number of fused-ring (bicyclic) bond motifs is 1. The van der Waals surface area contributed by atoms with Gasteiger partial charge in [0.1, 0.15) is 5.82 Å². The highest BCUT2D eigenvalue weighted by Crippen LogP contribution is 2.35. The van der Waals surface area contributed by atoms with Crippen LogP contribution in [0.25, 0.3) is 0 Å². The number of allylic oxidation sites excluding steroid dienone is 2. The van der Waals surface area contributed by atoms with Crippen LogP contribution in [-0.2, 0) is 4.79 Å². The fourth-order valence-corrected chi connectivity index (χ4v) is 4.04. The van der Waals surface area contributed by atoms with Crippen molar-refractivity contribution < 1.29 is 9.18 Å². The Morgan fingerprint density at radius 1 is 1.09 bits per heavy atom. The van der Waals surface area contributed by atoms with Gasteiger partial charge in [-0.05, 0) is 42.9 Å². The van der Waals surface area contributed by atoms with E-state index in [0.717, 1.165) is 36.1 Å². The number of Topliss-reactive ketones (excluding diaryl/α,β-unsaturated/α-hetero) is 1. The predicted molar refractivity (Wildman–Crippen MR) is 88.1 cm³/mol. The van der Waals surface area contributed by atoms with Crippen LogP contribution < -0.4 is 5.32 Å². The Morgan fingerprint density at radius 2 is 1.87 bits per heavy atom. The Labute approximate surface area is 135 Å². The standard InChI is InChI=1S/C19H21FN2O/c20-14-7-5-12(6-8-14)13-9-18-15(19(23)10-13)11-21-16-3-1-2-4-17(16)22-18/h5-8,11,13,16-17,22H,1-4,9-10H2/t13-,16-,17-/m1/s1. The Bertz CT molecular complexity index is 677. The summed E-state index contributed by atoms with van der Waals surface area (Å²) in [4.78, 5) is 17.2. The van der Waals surface area contributed by atoms with Crippen LogP contribution in [0, 0.1) is 5.82 Å². The van der Waals surface area contributed by atoms with E-state index >= 15 is 0 Å². The first-order valence-electron chi connectivity index (χ1n) is 8.52. The van der Waals surface area contributed by atoms with E-state index in [-0.39, 0.29) is 17.5 Å². The molecule has 120 valence electrons. The molecule has 0 aromatic heterocycles. The predicted octanol–water partition coefficient (Wildman–Crippen LogP) is 3.51.